The molecule has 25 heavy (non-hydrogen) atoms. The van der Waals surface area contributed by atoms with Gasteiger partial charge in [-0.25, -0.2) is 4.98 Å². The zero-order valence-electron chi connectivity index (χ0n) is 13.9. The summed E-state index contributed by atoms with van der Waals surface area (Å²) < 4.78 is 5.94. The highest BCUT2D eigenvalue weighted by Crippen LogP contribution is 2.25. The van der Waals surface area contributed by atoms with Crippen molar-refractivity contribution in [3.05, 3.63) is 77.2 Å². The van der Waals surface area contributed by atoms with Crippen molar-refractivity contribution in [1.29, 1.82) is 0 Å². The Morgan fingerprint density at radius 1 is 1.12 bits per heavy atom. The summed E-state index contributed by atoms with van der Waals surface area (Å²) in [5, 5.41) is 0.732. The maximum atomic E-state index is 5.96. The van der Waals surface area contributed by atoms with Gasteiger partial charge in [0.05, 0.1) is 18.5 Å². The average molecular weight is 354 g/mol. The molecular weight excluding hydrogens is 334 g/mol. The molecule has 128 valence electrons. The van der Waals surface area contributed by atoms with Crippen LogP contribution in [0, 0.1) is 0 Å². The highest BCUT2D eigenvalue weighted by Gasteiger charge is 2.24. The second kappa shape index (κ2) is 7.40. The molecule has 0 bridgehead atoms. The van der Waals surface area contributed by atoms with E-state index in [9.17, 15) is 0 Å². The van der Waals surface area contributed by atoms with Crippen molar-refractivity contribution < 1.29 is 4.74 Å². The summed E-state index contributed by atoms with van der Waals surface area (Å²) in [7, 11) is 0. The van der Waals surface area contributed by atoms with Crippen molar-refractivity contribution in [2.24, 2.45) is 0 Å². The number of rotatable bonds is 4. The Balaban J connectivity index is 1.45. The number of imidazole rings is 1. The maximum Gasteiger partial charge on any atom is 0.137 e. The Kier molecular flexibility index (Phi) is 4.83. The summed E-state index contributed by atoms with van der Waals surface area (Å²) in [6.45, 7) is 3.43. The third kappa shape index (κ3) is 3.93. The fourth-order valence-electron chi connectivity index (χ4n) is 3.13. The van der Waals surface area contributed by atoms with E-state index in [1.54, 1.807) is 0 Å². The summed E-state index contributed by atoms with van der Waals surface area (Å²) in [5.74, 6) is 0.878. The lowest BCUT2D eigenvalue weighted by atomic mass is 10.2. The minimum atomic E-state index is -0.0292. The molecule has 1 aliphatic rings. The first-order chi connectivity index (χ1) is 12.3. The first kappa shape index (κ1) is 16.3. The molecule has 1 saturated heterocycles. The van der Waals surface area contributed by atoms with Gasteiger partial charge in [0.25, 0.3) is 0 Å². The minimum Gasteiger partial charge on any atom is -0.368 e. The van der Waals surface area contributed by atoms with E-state index in [0.717, 1.165) is 41.7 Å². The molecular formula is C20H20ClN3O. The highest BCUT2D eigenvalue weighted by molar-refractivity contribution is 6.30. The van der Waals surface area contributed by atoms with E-state index in [4.69, 9.17) is 16.3 Å². The molecule has 2 heterocycles. The van der Waals surface area contributed by atoms with Crippen molar-refractivity contribution in [2.75, 3.05) is 19.7 Å². The Morgan fingerprint density at radius 2 is 1.92 bits per heavy atom. The van der Waals surface area contributed by atoms with Crippen LogP contribution in [0.4, 0.5) is 0 Å². The van der Waals surface area contributed by atoms with Crippen LogP contribution in [0.25, 0.3) is 11.3 Å². The van der Waals surface area contributed by atoms with Gasteiger partial charge in [-0.3, -0.25) is 4.90 Å². The molecule has 3 aromatic rings. The predicted molar refractivity (Wildman–Crippen MR) is 99.4 cm³/mol. The number of H-pyrrole nitrogens is 1. The number of benzene rings is 2. The molecule has 1 aromatic heterocycles. The number of morpholine rings is 1. The van der Waals surface area contributed by atoms with Crippen LogP contribution in [0.15, 0.2) is 60.8 Å². The number of hydrogen-bond acceptors (Lipinski definition) is 3. The molecule has 0 saturated carbocycles. The summed E-state index contributed by atoms with van der Waals surface area (Å²) in [4.78, 5) is 10.3. The first-order valence-electron chi connectivity index (χ1n) is 8.47. The summed E-state index contributed by atoms with van der Waals surface area (Å²) in [6, 6.07) is 18.3. The van der Waals surface area contributed by atoms with Crippen LogP contribution in [0.1, 0.15) is 17.5 Å². The molecule has 1 unspecified atom stereocenters. The second-order valence-electron chi connectivity index (χ2n) is 6.27. The van der Waals surface area contributed by atoms with Gasteiger partial charge in [0.15, 0.2) is 0 Å². The fraction of sp³-hybridized carbons (Fsp3) is 0.250. The number of ether oxygens (including phenoxy) is 1. The van der Waals surface area contributed by atoms with E-state index in [-0.39, 0.29) is 6.10 Å². The van der Waals surface area contributed by atoms with Gasteiger partial charge in [-0.05, 0) is 23.3 Å². The van der Waals surface area contributed by atoms with E-state index in [0.29, 0.717) is 6.61 Å². The van der Waals surface area contributed by atoms with E-state index in [2.05, 4.69) is 39.1 Å². The molecule has 1 aliphatic heterocycles. The Hall–Kier alpha value is -2.14. The standard InChI is InChI=1S/C20H20ClN3O/c21-17-8-6-16(7-9-17)18-12-22-20(23-18)19-14-24(10-11-25-19)13-15-4-2-1-3-5-15/h1-9,12,19H,10-11,13-14H2,(H,22,23). The summed E-state index contributed by atoms with van der Waals surface area (Å²) in [6.07, 6.45) is 1.83. The lowest BCUT2D eigenvalue weighted by Crippen LogP contribution is -2.38. The molecule has 1 atom stereocenters. The number of halogens is 1. The van der Waals surface area contributed by atoms with Gasteiger partial charge in [-0.2, -0.15) is 0 Å². The number of hydrogen-bond donors (Lipinski definition) is 1. The van der Waals surface area contributed by atoms with Crippen molar-refractivity contribution >= 4 is 11.6 Å². The lowest BCUT2D eigenvalue weighted by molar-refractivity contribution is -0.0368. The Morgan fingerprint density at radius 3 is 2.72 bits per heavy atom. The van der Waals surface area contributed by atoms with Gasteiger partial charge in [-0.15, -0.1) is 0 Å². The number of nitrogens with one attached hydrogen (secondary N) is 1. The zero-order valence-corrected chi connectivity index (χ0v) is 14.6. The third-order valence-corrected chi connectivity index (χ3v) is 4.71. The average Bonchev–Trinajstić information content (AvgIpc) is 3.14. The van der Waals surface area contributed by atoms with Crippen LogP contribution < -0.4 is 0 Å². The van der Waals surface area contributed by atoms with Gasteiger partial charge in [0, 0.05) is 24.7 Å². The number of aromatic amines is 1. The van der Waals surface area contributed by atoms with E-state index in [1.165, 1.54) is 5.56 Å². The van der Waals surface area contributed by atoms with E-state index < -0.39 is 0 Å². The van der Waals surface area contributed by atoms with E-state index in [1.807, 2.05) is 36.5 Å². The smallest absolute Gasteiger partial charge is 0.137 e. The Labute approximate surface area is 152 Å². The van der Waals surface area contributed by atoms with Crippen LogP contribution >= 0.6 is 11.6 Å². The first-order valence-corrected chi connectivity index (χ1v) is 8.84. The molecule has 0 radical (unpaired) electrons. The van der Waals surface area contributed by atoms with Gasteiger partial charge in [0.2, 0.25) is 0 Å². The molecule has 0 spiro atoms. The molecule has 4 rings (SSSR count). The van der Waals surface area contributed by atoms with Crippen molar-refractivity contribution in [3.63, 3.8) is 0 Å². The van der Waals surface area contributed by atoms with Crippen LogP contribution in [-0.4, -0.2) is 34.6 Å². The van der Waals surface area contributed by atoms with Gasteiger partial charge < -0.3 is 9.72 Å². The van der Waals surface area contributed by atoms with Crippen molar-refractivity contribution in [3.8, 4) is 11.3 Å². The Bertz CT molecular complexity index is 816. The number of nitrogens with zero attached hydrogens (tertiary/aromatic N) is 2. The van der Waals surface area contributed by atoms with Crippen molar-refractivity contribution in [1.82, 2.24) is 14.9 Å². The monoisotopic (exact) mass is 353 g/mol. The molecule has 2 aromatic carbocycles. The number of aromatic nitrogens is 2. The maximum absolute atomic E-state index is 5.96. The zero-order chi connectivity index (χ0) is 17.1. The molecule has 1 N–H and O–H groups in total. The quantitative estimate of drug-likeness (QED) is 0.760. The molecule has 5 heteroatoms. The van der Waals surface area contributed by atoms with E-state index >= 15 is 0 Å². The molecule has 1 fully saturated rings. The largest absolute Gasteiger partial charge is 0.368 e. The topological polar surface area (TPSA) is 41.2 Å². The van der Waals surface area contributed by atoms with Crippen LogP contribution in [0.5, 0.6) is 0 Å². The molecule has 4 nitrogen and oxygen atoms in total. The normalized spacial score (nSPS) is 18.4. The van der Waals surface area contributed by atoms with Gasteiger partial charge in [0.1, 0.15) is 11.9 Å². The summed E-state index contributed by atoms with van der Waals surface area (Å²) in [5.41, 5.74) is 3.37. The molecule has 0 aliphatic carbocycles. The molecule has 0 amide bonds. The minimum absolute atomic E-state index is 0.0292. The fourth-order valence-corrected chi connectivity index (χ4v) is 3.26. The van der Waals surface area contributed by atoms with Crippen LogP contribution in [-0.2, 0) is 11.3 Å². The lowest BCUT2D eigenvalue weighted by Gasteiger charge is -2.32. The summed E-state index contributed by atoms with van der Waals surface area (Å²) >= 11 is 5.96. The van der Waals surface area contributed by atoms with Gasteiger partial charge >= 0.3 is 0 Å². The predicted octanol–water partition coefficient (Wildman–Crippen LogP) is 4.30. The highest BCUT2D eigenvalue weighted by atomic mass is 35.5. The van der Waals surface area contributed by atoms with Crippen LogP contribution in [0.2, 0.25) is 5.02 Å². The SMILES string of the molecule is Clc1ccc(-c2cnc(C3CN(Cc4ccccc4)CCO3)[nH]2)cc1. The van der Waals surface area contributed by atoms with Gasteiger partial charge in [-0.1, -0.05) is 54.1 Å². The van der Waals surface area contributed by atoms with Crippen LogP contribution in [0.3, 0.4) is 0 Å². The van der Waals surface area contributed by atoms with Crippen molar-refractivity contribution in [2.45, 2.75) is 12.6 Å². The third-order valence-electron chi connectivity index (χ3n) is 4.46. The second-order valence-corrected chi connectivity index (χ2v) is 6.71.